The lowest BCUT2D eigenvalue weighted by Gasteiger charge is -2.10. The highest BCUT2D eigenvalue weighted by atomic mass is 19.1. The van der Waals surface area contributed by atoms with Crippen molar-refractivity contribution in [1.29, 1.82) is 0 Å². The molecule has 0 fully saturated rings. The minimum atomic E-state index is -0.311. The van der Waals surface area contributed by atoms with Crippen LogP contribution in [0.5, 0.6) is 5.75 Å². The van der Waals surface area contributed by atoms with Crippen molar-refractivity contribution in [2.45, 2.75) is 6.54 Å². The molecule has 5 heteroatoms. The first-order valence-electron chi connectivity index (χ1n) is 5.46. The second-order valence-corrected chi connectivity index (χ2v) is 3.41. The second kappa shape index (κ2) is 8.00. The van der Waals surface area contributed by atoms with Gasteiger partial charge in [0.15, 0.2) is 0 Å². The Hall–Kier alpha value is -1.17. The molecule has 0 spiro atoms. The van der Waals surface area contributed by atoms with Crippen LogP contribution in [0.4, 0.5) is 4.39 Å². The minimum absolute atomic E-state index is 0.248. The normalized spacial score (nSPS) is 10.5. The topological polar surface area (TPSA) is 53.7 Å². The number of hydrogen-bond donors (Lipinski definition) is 1. The van der Waals surface area contributed by atoms with Crippen LogP contribution >= 0.6 is 0 Å². The molecule has 17 heavy (non-hydrogen) atoms. The fourth-order valence-corrected chi connectivity index (χ4v) is 1.30. The zero-order valence-electron chi connectivity index (χ0n) is 9.95. The van der Waals surface area contributed by atoms with Crippen molar-refractivity contribution in [2.75, 3.05) is 33.5 Å². The van der Waals surface area contributed by atoms with Crippen LogP contribution in [-0.2, 0) is 16.0 Å². The summed E-state index contributed by atoms with van der Waals surface area (Å²) in [4.78, 5) is 0. The molecule has 0 amide bonds. The summed E-state index contributed by atoms with van der Waals surface area (Å²) in [5, 5.41) is 0. The summed E-state index contributed by atoms with van der Waals surface area (Å²) >= 11 is 0. The molecule has 1 aromatic carbocycles. The van der Waals surface area contributed by atoms with Crippen LogP contribution in [0.15, 0.2) is 18.2 Å². The second-order valence-electron chi connectivity index (χ2n) is 3.41. The van der Waals surface area contributed by atoms with Crippen molar-refractivity contribution in [3.8, 4) is 5.75 Å². The molecule has 1 aromatic rings. The van der Waals surface area contributed by atoms with E-state index in [4.69, 9.17) is 19.9 Å². The van der Waals surface area contributed by atoms with Gasteiger partial charge in [0.2, 0.25) is 0 Å². The van der Waals surface area contributed by atoms with Crippen LogP contribution in [-0.4, -0.2) is 33.5 Å². The smallest absolute Gasteiger partial charge is 0.124 e. The molecule has 0 atom stereocenters. The predicted molar refractivity (Wildman–Crippen MR) is 62.5 cm³/mol. The highest BCUT2D eigenvalue weighted by Crippen LogP contribution is 2.18. The van der Waals surface area contributed by atoms with Crippen LogP contribution in [0.2, 0.25) is 0 Å². The average Bonchev–Trinajstić information content (AvgIpc) is 2.35. The van der Waals surface area contributed by atoms with Gasteiger partial charge in [-0.15, -0.1) is 0 Å². The Morgan fingerprint density at radius 1 is 1.18 bits per heavy atom. The summed E-state index contributed by atoms with van der Waals surface area (Å²) in [5.74, 6) is 0.290. The van der Waals surface area contributed by atoms with Crippen LogP contribution < -0.4 is 10.5 Å². The maximum atomic E-state index is 12.9. The highest BCUT2D eigenvalue weighted by Gasteiger charge is 2.03. The molecule has 0 aliphatic rings. The summed E-state index contributed by atoms with van der Waals surface area (Å²) in [7, 11) is 1.62. The first-order valence-corrected chi connectivity index (χ1v) is 5.46. The molecule has 0 aliphatic carbocycles. The van der Waals surface area contributed by atoms with Crippen LogP contribution in [0.1, 0.15) is 5.56 Å². The maximum absolute atomic E-state index is 12.9. The zero-order valence-corrected chi connectivity index (χ0v) is 9.95. The average molecular weight is 243 g/mol. The van der Waals surface area contributed by atoms with Gasteiger partial charge in [-0.05, 0) is 18.2 Å². The van der Waals surface area contributed by atoms with Crippen molar-refractivity contribution in [3.05, 3.63) is 29.6 Å². The van der Waals surface area contributed by atoms with Crippen molar-refractivity contribution in [3.63, 3.8) is 0 Å². The first-order chi connectivity index (χ1) is 8.27. The minimum Gasteiger partial charge on any atom is -0.491 e. The molecule has 0 saturated heterocycles. The number of nitrogens with two attached hydrogens (primary N) is 1. The Balaban J connectivity index is 2.31. The van der Waals surface area contributed by atoms with Gasteiger partial charge in [-0.3, -0.25) is 0 Å². The molecule has 0 bridgehead atoms. The summed E-state index contributed by atoms with van der Waals surface area (Å²) in [6.07, 6.45) is 0. The number of ether oxygens (including phenoxy) is 3. The van der Waals surface area contributed by atoms with Crippen molar-refractivity contribution >= 4 is 0 Å². The van der Waals surface area contributed by atoms with Crippen LogP contribution in [0.25, 0.3) is 0 Å². The van der Waals surface area contributed by atoms with Gasteiger partial charge in [-0.2, -0.15) is 0 Å². The van der Waals surface area contributed by atoms with Gasteiger partial charge in [-0.1, -0.05) is 0 Å². The van der Waals surface area contributed by atoms with Crippen molar-refractivity contribution < 1.29 is 18.6 Å². The molecule has 1 rings (SSSR count). The molecule has 0 saturated carbocycles. The van der Waals surface area contributed by atoms with E-state index < -0.39 is 0 Å². The Bertz CT molecular complexity index is 334. The third-order valence-electron chi connectivity index (χ3n) is 2.16. The molecule has 4 nitrogen and oxygen atoms in total. The number of halogens is 1. The molecule has 0 aliphatic heterocycles. The van der Waals surface area contributed by atoms with Crippen molar-refractivity contribution in [2.24, 2.45) is 5.73 Å². The molecular formula is C12H18FNO3. The van der Waals surface area contributed by atoms with E-state index in [1.807, 2.05) is 0 Å². The van der Waals surface area contributed by atoms with Gasteiger partial charge >= 0.3 is 0 Å². The standard InChI is InChI=1S/C12H18FNO3/c1-15-4-5-16-6-7-17-12-3-2-11(13)8-10(12)9-14/h2-3,8H,4-7,9,14H2,1H3. The fraction of sp³-hybridized carbons (Fsp3) is 0.500. The van der Waals surface area contributed by atoms with Gasteiger partial charge in [0, 0.05) is 19.2 Å². The van der Waals surface area contributed by atoms with E-state index in [0.29, 0.717) is 37.7 Å². The Morgan fingerprint density at radius 2 is 1.94 bits per heavy atom. The van der Waals surface area contributed by atoms with Gasteiger partial charge in [-0.25, -0.2) is 4.39 Å². The van der Waals surface area contributed by atoms with Gasteiger partial charge in [0.25, 0.3) is 0 Å². The molecule has 0 aromatic heterocycles. The monoisotopic (exact) mass is 243 g/mol. The molecule has 0 radical (unpaired) electrons. The van der Waals surface area contributed by atoms with E-state index >= 15 is 0 Å². The first kappa shape index (κ1) is 13.9. The van der Waals surface area contributed by atoms with E-state index in [-0.39, 0.29) is 12.4 Å². The fourth-order valence-electron chi connectivity index (χ4n) is 1.30. The lowest BCUT2D eigenvalue weighted by atomic mass is 10.2. The predicted octanol–water partition coefficient (Wildman–Crippen LogP) is 1.33. The summed E-state index contributed by atoms with van der Waals surface area (Å²) in [6, 6.07) is 4.30. The zero-order chi connectivity index (χ0) is 12.5. The lowest BCUT2D eigenvalue weighted by molar-refractivity contribution is 0.0542. The quantitative estimate of drug-likeness (QED) is 0.700. The van der Waals surface area contributed by atoms with E-state index in [1.54, 1.807) is 13.2 Å². The summed E-state index contributed by atoms with van der Waals surface area (Å²) in [6.45, 7) is 2.21. The van der Waals surface area contributed by atoms with Crippen LogP contribution in [0, 0.1) is 5.82 Å². The Morgan fingerprint density at radius 3 is 2.65 bits per heavy atom. The molecule has 96 valence electrons. The van der Waals surface area contributed by atoms with E-state index in [0.717, 1.165) is 0 Å². The molecule has 2 N–H and O–H groups in total. The summed E-state index contributed by atoms with van der Waals surface area (Å²) in [5.41, 5.74) is 6.15. The van der Waals surface area contributed by atoms with E-state index in [2.05, 4.69) is 0 Å². The SMILES string of the molecule is COCCOCCOc1ccc(F)cc1CN. The Kier molecular flexibility index (Phi) is 6.54. The third-order valence-corrected chi connectivity index (χ3v) is 2.16. The van der Waals surface area contributed by atoms with E-state index in [9.17, 15) is 4.39 Å². The largest absolute Gasteiger partial charge is 0.491 e. The Labute approximate surface area is 100 Å². The summed E-state index contributed by atoms with van der Waals surface area (Å²) < 4.78 is 28.4. The van der Waals surface area contributed by atoms with E-state index in [1.165, 1.54) is 12.1 Å². The molecule has 0 unspecified atom stereocenters. The van der Waals surface area contributed by atoms with Gasteiger partial charge < -0.3 is 19.9 Å². The number of rotatable bonds is 8. The number of methoxy groups -OCH3 is 1. The lowest BCUT2D eigenvalue weighted by Crippen LogP contribution is -2.11. The van der Waals surface area contributed by atoms with Crippen LogP contribution in [0.3, 0.4) is 0 Å². The van der Waals surface area contributed by atoms with Gasteiger partial charge in [0.05, 0.1) is 19.8 Å². The number of hydrogen-bond acceptors (Lipinski definition) is 4. The maximum Gasteiger partial charge on any atom is 0.124 e. The van der Waals surface area contributed by atoms with Gasteiger partial charge in [0.1, 0.15) is 18.2 Å². The number of benzene rings is 1. The van der Waals surface area contributed by atoms with Crippen molar-refractivity contribution in [1.82, 2.24) is 0 Å². The molecule has 0 heterocycles. The highest BCUT2D eigenvalue weighted by molar-refractivity contribution is 5.33. The third kappa shape index (κ3) is 5.12. The molecular weight excluding hydrogens is 225 g/mol.